The maximum Gasteiger partial charge on any atom is 0.0391 e. The topological polar surface area (TPSA) is 15.3 Å². The van der Waals surface area contributed by atoms with Crippen molar-refractivity contribution in [2.45, 2.75) is 57.5 Å². The van der Waals surface area contributed by atoms with Gasteiger partial charge in [0.05, 0.1) is 0 Å². The monoisotopic (exact) mass is 286 g/mol. The normalized spacial score (nSPS) is 27.2. The van der Waals surface area contributed by atoms with Gasteiger partial charge in [0, 0.05) is 12.1 Å². The van der Waals surface area contributed by atoms with Crippen LogP contribution in [0, 0.1) is 5.92 Å². The lowest BCUT2D eigenvalue weighted by atomic mass is 9.83. The Morgan fingerprint density at radius 3 is 2.33 bits per heavy atom. The quantitative estimate of drug-likeness (QED) is 0.882. The Hall–Kier alpha value is -0.860. The fourth-order valence-corrected chi connectivity index (χ4v) is 4.00. The summed E-state index contributed by atoms with van der Waals surface area (Å²) in [5.41, 5.74) is 3.07. The van der Waals surface area contributed by atoms with E-state index in [2.05, 4.69) is 55.4 Å². The Labute approximate surface area is 129 Å². The summed E-state index contributed by atoms with van der Waals surface area (Å²) in [5, 5.41) is 3.41. The molecule has 1 aliphatic heterocycles. The van der Waals surface area contributed by atoms with Crippen LogP contribution in [0.2, 0.25) is 0 Å². The van der Waals surface area contributed by atoms with Gasteiger partial charge in [-0.05, 0) is 82.6 Å². The summed E-state index contributed by atoms with van der Waals surface area (Å²) in [6, 6.07) is 10.8. The zero-order chi connectivity index (χ0) is 14.8. The lowest BCUT2D eigenvalue weighted by molar-refractivity contribution is 0.0636. The standard InChI is InChI=1S/C19H30N2/c1-14(2)21-12-4-5-18(13-20-3)19(21)17-10-8-16(9-11-17)15-6-7-15/h8-11,14-15,18-20H,4-7,12-13H2,1-3H3. The van der Waals surface area contributed by atoms with Crippen molar-refractivity contribution in [2.75, 3.05) is 20.1 Å². The number of benzene rings is 1. The zero-order valence-corrected chi connectivity index (χ0v) is 13.8. The zero-order valence-electron chi connectivity index (χ0n) is 13.8. The minimum Gasteiger partial charge on any atom is -0.319 e. The van der Waals surface area contributed by atoms with E-state index in [9.17, 15) is 0 Å². The number of hydrogen-bond acceptors (Lipinski definition) is 2. The molecule has 0 spiro atoms. The van der Waals surface area contributed by atoms with Crippen LogP contribution in [-0.4, -0.2) is 31.1 Å². The molecule has 1 heterocycles. The van der Waals surface area contributed by atoms with Crippen LogP contribution in [0.5, 0.6) is 0 Å². The van der Waals surface area contributed by atoms with Crippen LogP contribution in [0.25, 0.3) is 0 Å². The molecule has 2 fully saturated rings. The largest absolute Gasteiger partial charge is 0.319 e. The van der Waals surface area contributed by atoms with Crippen molar-refractivity contribution in [3.8, 4) is 0 Å². The molecule has 0 amide bonds. The van der Waals surface area contributed by atoms with Crippen LogP contribution in [-0.2, 0) is 0 Å². The predicted octanol–water partition coefficient (Wildman–Crippen LogP) is 3.94. The van der Waals surface area contributed by atoms with Gasteiger partial charge in [-0.2, -0.15) is 0 Å². The number of likely N-dealkylation sites (tertiary alicyclic amines) is 1. The second kappa shape index (κ2) is 6.50. The molecule has 1 aromatic carbocycles. The summed E-state index contributed by atoms with van der Waals surface area (Å²) in [6.45, 7) is 7.05. The maximum atomic E-state index is 3.41. The van der Waals surface area contributed by atoms with E-state index in [1.807, 2.05) is 0 Å². The fourth-order valence-electron chi connectivity index (χ4n) is 4.00. The van der Waals surface area contributed by atoms with Crippen molar-refractivity contribution >= 4 is 0 Å². The average molecular weight is 286 g/mol. The third-order valence-corrected chi connectivity index (χ3v) is 5.25. The molecule has 1 saturated heterocycles. The van der Waals surface area contributed by atoms with Gasteiger partial charge in [0.1, 0.15) is 0 Å². The molecule has 1 aliphatic carbocycles. The molecule has 1 N–H and O–H groups in total. The van der Waals surface area contributed by atoms with E-state index in [0.717, 1.165) is 18.4 Å². The summed E-state index contributed by atoms with van der Waals surface area (Å²) in [6.07, 6.45) is 5.47. The Bertz CT molecular complexity index is 445. The van der Waals surface area contributed by atoms with E-state index >= 15 is 0 Å². The summed E-state index contributed by atoms with van der Waals surface area (Å²) in [4.78, 5) is 2.71. The third-order valence-electron chi connectivity index (χ3n) is 5.25. The van der Waals surface area contributed by atoms with Gasteiger partial charge in [-0.3, -0.25) is 4.90 Å². The first-order valence-corrected chi connectivity index (χ1v) is 8.71. The van der Waals surface area contributed by atoms with Gasteiger partial charge in [-0.25, -0.2) is 0 Å². The van der Waals surface area contributed by atoms with Gasteiger partial charge < -0.3 is 5.32 Å². The molecular weight excluding hydrogens is 256 g/mol. The van der Waals surface area contributed by atoms with Gasteiger partial charge in [-0.15, -0.1) is 0 Å². The SMILES string of the molecule is CNCC1CCCN(C(C)C)C1c1ccc(C2CC2)cc1. The molecule has 2 heteroatoms. The number of nitrogens with zero attached hydrogens (tertiary/aromatic N) is 1. The first-order chi connectivity index (χ1) is 10.2. The second-order valence-corrected chi connectivity index (χ2v) is 7.18. The number of nitrogens with one attached hydrogen (secondary N) is 1. The van der Waals surface area contributed by atoms with Gasteiger partial charge in [-0.1, -0.05) is 24.3 Å². The smallest absolute Gasteiger partial charge is 0.0391 e. The number of rotatable bonds is 5. The van der Waals surface area contributed by atoms with Crippen LogP contribution >= 0.6 is 0 Å². The highest BCUT2D eigenvalue weighted by Crippen LogP contribution is 2.42. The molecule has 2 nitrogen and oxygen atoms in total. The van der Waals surface area contributed by atoms with Crippen LogP contribution in [0.15, 0.2) is 24.3 Å². The predicted molar refractivity (Wildman–Crippen MR) is 89.7 cm³/mol. The number of piperidine rings is 1. The molecule has 21 heavy (non-hydrogen) atoms. The molecule has 2 unspecified atom stereocenters. The Morgan fingerprint density at radius 2 is 1.76 bits per heavy atom. The van der Waals surface area contributed by atoms with Crippen molar-refractivity contribution in [3.05, 3.63) is 35.4 Å². The minimum absolute atomic E-state index is 0.583. The van der Waals surface area contributed by atoms with Crippen molar-refractivity contribution < 1.29 is 0 Å². The molecule has 116 valence electrons. The Kier molecular flexibility index (Phi) is 4.66. The molecule has 1 saturated carbocycles. The second-order valence-electron chi connectivity index (χ2n) is 7.18. The fraction of sp³-hybridized carbons (Fsp3) is 0.684. The van der Waals surface area contributed by atoms with Crippen LogP contribution in [0.3, 0.4) is 0 Å². The van der Waals surface area contributed by atoms with E-state index < -0.39 is 0 Å². The summed E-state index contributed by atoms with van der Waals surface area (Å²) >= 11 is 0. The van der Waals surface area contributed by atoms with Crippen molar-refractivity contribution in [2.24, 2.45) is 5.92 Å². The molecular formula is C19H30N2. The van der Waals surface area contributed by atoms with Crippen LogP contribution < -0.4 is 5.32 Å². The molecule has 0 bridgehead atoms. The minimum atomic E-state index is 0.583. The highest BCUT2D eigenvalue weighted by Gasteiger charge is 2.33. The van der Waals surface area contributed by atoms with Crippen molar-refractivity contribution in [1.82, 2.24) is 10.2 Å². The molecule has 0 radical (unpaired) electrons. The summed E-state index contributed by atoms with van der Waals surface area (Å²) < 4.78 is 0. The number of hydrogen-bond donors (Lipinski definition) is 1. The first-order valence-electron chi connectivity index (χ1n) is 8.71. The average Bonchev–Trinajstić information content (AvgIpc) is 3.32. The van der Waals surface area contributed by atoms with E-state index in [-0.39, 0.29) is 0 Å². The van der Waals surface area contributed by atoms with Crippen LogP contribution in [0.4, 0.5) is 0 Å². The highest BCUT2D eigenvalue weighted by molar-refractivity contribution is 5.30. The Balaban J connectivity index is 1.84. The van der Waals surface area contributed by atoms with E-state index in [1.165, 1.54) is 37.8 Å². The first kappa shape index (κ1) is 15.1. The van der Waals surface area contributed by atoms with Crippen molar-refractivity contribution in [1.29, 1.82) is 0 Å². The van der Waals surface area contributed by atoms with Gasteiger partial charge in [0.2, 0.25) is 0 Å². The van der Waals surface area contributed by atoms with Gasteiger partial charge in [0.25, 0.3) is 0 Å². The van der Waals surface area contributed by atoms with E-state index in [0.29, 0.717) is 12.1 Å². The highest BCUT2D eigenvalue weighted by atomic mass is 15.2. The van der Waals surface area contributed by atoms with Crippen molar-refractivity contribution in [3.63, 3.8) is 0 Å². The molecule has 2 atom stereocenters. The lowest BCUT2D eigenvalue weighted by Crippen LogP contribution is -2.45. The van der Waals surface area contributed by atoms with Crippen LogP contribution in [0.1, 0.15) is 62.6 Å². The molecule has 0 aromatic heterocycles. The van der Waals surface area contributed by atoms with E-state index in [1.54, 1.807) is 5.56 Å². The molecule has 3 rings (SSSR count). The summed E-state index contributed by atoms with van der Waals surface area (Å²) in [5.74, 6) is 1.60. The Morgan fingerprint density at radius 1 is 1.10 bits per heavy atom. The third kappa shape index (κ3) is 3.32. The summed E-state index contributed by atoms with van der Waals surface area (Å²) in [7, 11) is 2.08. The van der Waals surface area contributed by atoms with Gasteiger partial charge >= 0.3 is 0 Å². The lowest BCUT2D eigenvalue weighted by Gasteiger charge is -2.44. The van der Waals surface area contributed by atoms with Gasteiger partial charge in [0.15, 0.2) is 0 Å². The van der Waals surface area contributed by atoms with E-state index in [4.69, 9.17) is 0 Å². The molecule has 1 aromatic rings. The molecule has 2 aliphatic rings. The maximum absolute atomic E-state index is 3.41.